The molecule has 43 heavy (non-hydrogen) atoms. The Morgan fingerprint density at radius 3 is 1.42 bits per heavy atom. The molecule has 7 heteroatoms. The Hall–Kier alpha value is -5.56. The molecule has 5 aromatic rings. The summed E-state index contributed by atoms with van der Waals surface area (Å²) in [5, 5.41) is 0. The van der Waals surface area contributed by atoms with Crippen molar-refractivity contribution in [2.45, 2.75) is 0 Å². The van der Waals surface area contributed by atoms with Crippen LogP contribution < -0.4 is 19.1 Å². The Morgan fingerprint density at radius 1 is 0.465 bits per heavy atom. The third kappa shape index (κ3) is 7.02. The molecule has 1 fully saturated rings. The second kappa shape index (κ2) is 13.0. The number of carbonyl (C=O) groups excluding carboxylic acids is 2. The predicted octanol–water partition coefficient (Wildman–Crippen LogP) is 7.45. The molecule has 0 radical (unpaired) electrons. The van der Waals surface area contributed by atoms with Crippen LogP contribution in [0.15, 0.2) is 133 Å². The maximum atomic E-state index is 13.1. The number of piperazine rings is 1. The number of nitrogens with zero attached hydrogens (tertiary/aromatic N) is 2. The van der Waals surface area contributed by atoms with Gasteiger partial charge in [0.1, 0.15) is 28.7 Å². The lowest BCUT2D eigenvalue weighted by molar-refractivity contribution is 0.0731. The monoisotopic (exact) mass is 570 g/mol. The van der Waals surface area contributed by atoms with Gasteiger partial charge in [-0.1, -0.05) is 36.4 Å². The molecular formula is C36H30N2O5. The molecule has 0 unspecified atom stereocenters. The Morgan fingerprint density at radius 2 is 0.907 bits per heavy atom. The maximum Gasteiger partial charge on any atom is 0.343 e. The minimum absolute atomic E-state index is 0.00725. The number of amides is 1. The molecule has 1 aliphatic rings. The van der Waals surface area contributed by atoms with Crippen LogP contribution in [0.5, 0.6) is 28.7 Å². The zero-order chi connectivity index (χ0) is 29.4. The summed E-state index contributed by atoms with van der Waals surface area (Å²) in [6, 6.07) is 40.6. The lowest BCUT2D eigenvalue weighted by Crippen LogP contribution is -2.48. The third-order valence-electron chi connectivity index (χ3n) is 7.13. The van der Waals surface area contributed by atoms with Crippen molar-refractivity contribution in [3.8, 4) is 28.7 Å². The third-order valence-corrected chi connectivity index (χ3v) is 7.13. The van der Waals surface area contributed by atoms with E-state index in [4.69, 9.17) is 14.2 Å². The highest BCUT2D eigenvalue weighted by atomic mass is 16.5. The van der Waals surface area contributed by atoms with Gasteiger partial charge in [-0.05, 0) is 97.1 Å². The van der Waals surface area contributed by atoms with Gasteiger partial charge in [-0.3, -0.25) is 4.79 Å². The summed E-state index contributed by atoms with van der Waals surface area (Å²) in [6.45, 7) is 2.64. The average molecular weight is 571 g/mol. The molecule has 1 amide bonds. The summed E-state index contributed by atoms with van der Waals surface area (Å²) in [5.41, 5.74) is 2.08. The van der Waals surface area contributed by atoms with Crippen LogP contribution in [0.1, 0.15) is 20.7 Å². The van der Waals surface area contributed by atoms with Crippen LogP contribution in [-0.4, -0.2) is 43.0 Å². The predicted molar refractivity (Wildman–Crippen MR) is 165 cm³/mol. The summed E-state index contributed by atoms with van der Waals surface area (Å²) < 4.78 is 17.2. The smallest absolute Gasteiger partial charge is 0.343 e. The first-order chi connectivity index (χ1) is 21.1. The quantitative estimate of drug-likeness (QED) is 0.143. The molecule has 214 valence electrons. The first-order valence-corrected chi connectivity index (χ1v) is 14.1. The van der Waals surface area contributed by atoms with E-state index in [0.717, 1.165) is 17.2 Å². The number of para-hydroxylation sites is 2. The van der Waals surface area contributed by atoms with E-state index in [1.165, 1.54) is 0 Å². The van der Waals surface area contributed by atoms with E-state index in [9.17, 15) is 9.59 Å². The van der Waals surface area contributed by atoms with Crippen LogP contribution in [-0.2, 0) is 0 Å². The number of hydrogen-bond donors (Lipinski definition) is 0. The van der Waals surface area contributed by atoms with Gasteiger partial charge in [0.2, 0.25) is 0 Å². The number of rotatable bonds is 8. The van der Waals surface area contributed by atoms with E-state index >= 15 is 0 Å². The van der Waals surface area contributed by atoms with E-state index in [0.29, 0.717) is 54.6 Å². The van der Waals surface area contributed by atoms with E-state index in [1.54, 1.807) is 48.5 Å². The van der Waals surface area contributed by atoms with Crippen molar-refractivity contribution >= 4 is 17.6 Å². The highest BCUT2D eigenvalue weighted by Crippen LogP contribution is 2.25. The van der Waals surface area contributed by atoms with Gasteiger partial charge in [0.05, 0.1) is 5.56 Å². The number of hydrogen-bond acceptors (Lipinski definition) is 6. The first-order valence-electron chi connectivity index (χ1n) is 14.1. The standard InChI is InChI=1S/C36H30N2O5/c39-35(27-11-17-32(18-12-27)41-30-7-3-1-4-8-30)38-25-23-37(24-26-38)29-15-21-34(22-16-29)43-36(40)28-13-19-33(20-14-28)42-31-9-5-2-6-10-31/h1-22H,23-26H2. The van der Waals surface area contributed by atoms with Crippen LogP contribution in [0, 0.1) is 0 Å². The zero-order valence-corrected chi connectivity index (χ0v) is 23.5. The summed E-state index contributed by atoms with van der Waals surface area (Å²) in [5.74, 6) is 2.84. The van der Waals surface area contributed by atoms with Gasteiger partial charge in [-0.25, -0.2) is 4.79 Å². The molecule has 0 N–H and O–H groups in total. The number of carbonyl (C=O) groups is 2. The topological polar surface area (TPSA) is 68.3 Å². The van der Waals surface area contributed by atoms with Crippen molar-refractivity contribution in [3.05, 3.63) is 145 Å². The minimum Gasteiger partial charge on any atom is -0.457 e. The summed E-state index contributed by atoms with van der Waals surface area (Å²) in [6.07, 6.45) is 0. The fourth-order valence-corrected chi connectivity index (χ4v) is 4.82. The van der Waals surface area contributed by atoms with E-state index in [1.807, 2.05) is 89.8 Å². The van der Waals surface area contributed by atoms with Gasteiger partial charge in [-0.2, -0.15) is 0 Å². The van der Waals surface area contributed by atoms with Gasteiger partial charge < -0.3 is 24.0 Å². The van der Waals surface area contributed by atoms with Gasteiger partial charge >= 0.3 is 5.97 Å². The minimum atomic E-state index is -0.439. The Labute approximate surface area is 250 Å². The molecule has 0 atom stereocenters. The maximum absolute atomic E-state index is 13.1. The van der Waals surface area contributed by atoms with Crippen molar-refractivity contribution in [1.29, 1.82) is 0 Å². The van der Waals surface area contributed by atoms with Gasteiger partial charge in [0.25, 0.3) is 5.91 Å². The zero-order valence-electron chi connectivity index (χ0n) is 23.5. The van der Waals surface area contributed by atoms with Gasteiger partial charge in [-0.15, -0.1) is 0 Å². The van der Waals surface area contributed by atoms with E-state index in [2.05, 4.69) is 4.90 Å². The molecule has 0 aliphatic carbocycles. The van der Waals surface area contributed by atoms with Gasteiger partial charge in [0.15, 0.2) is 0 Å². The second-order valence-corrected chi connectivity index (χ2v) is 10.0. The fourth-order valence-electron chi connectivity index (χ4n) is 4.82. The summed E-state index contributed by atoms with van der Waals surface area (Å²) >= 11 is 0. The molecule has 0 spiro atoms. The van der Waals surface area contributed by atoms with Crippen LogP contribution in [0.4, 0.5) is 5.69 Å². The first kappa shape index (κ1) is 27.6. The Kier molecular flexibility index (Phi) is 8.32. The summed E-state index contributed by atoms with van der Waals surface area (Å²) in [7, 11) is 0. The Balaban J connectivity index is 0.983. The van der Waals surface area contributed by atoms with Crippen molar-refractivity contribution in [2.24, 2.45) is 0 Å². The molecule has 1 saturated heterocycles. The second-order valence-electron chi connectivity index (χ2n) is 10.0. The molecule has 0 aromatic heterocycles. The lowest BCUT2D eigenvalue weighted by Gasteiger charge is -2.36. The molecule has 0 bridgehead atoms. The van der Waals surface area contributed by atoms with Crippen molar-refractivity contribution < 1.29 is 23.8 Å². The average Bonchev–Trinajstić information content (AvgIpc) is 3.06. The highest BCUT2D eigenvalue weighted by molar-refractivity contribution is 5.94. The lowest BCUT2D eigenvalue weighted by atomic mass is 10.1. The van der Waals surface area contributed by atoms with Crippen LogP contribution in [0.2, 0.25) is 0 Å². The number of benzene rings is 5. The molecule has 7 nitrogen and oxygen atoms in total. The largest absolute Gasteiger partial charge is 0.457 e. The SMILES string of the molecule is O=C(Oc1ccc(N2CCN(C(=O)c3ccc(Oc4ccccc4)cc3)CC2)cc1)c1ccc(Oc2ccccc2)cc1. The van der Waals surface area contributed by atoms with E-state index < -0.39 is 5.97 Å². The van der Waals surface area contributed by atoms with E-state index in [-0.39, 0.29) is 5.91 Å². The van der Waals surface area contributed by atoms with Crippen molar-refractivity contribution in [3.63, 3.8) is 0 Å². The van der Waals surface area contributed by atoms with Crippen molar-refractivity contribution in [1.82, 2.24) is 4.90 Å². The number of anilines is 1. The fraction of sp³-hybridized carbons (Fsp3) is 0.111. The van der Waals surface area contributed by atoms with Crippen LogP contribution in [0.3, 0.4) is 0 Å². The molecule has 6 rings (SSSR count). The number of ether oxygens (including phenoxy) is 3. The number of esters is 1. The molecule has 1 aliphatic heterocycles. The van der Waals surface area contributed by atoms with Gasteiger partial charge in [0, 0.05) is 37.4 Å². The molecule has 0 saturated carbocycles. The van der Waals surface area contributed by atoms with Crippen LogP contribution >= 0.6 is 0 Å². The normalized spacial score (nSPS) is 12.8. The van der Waals surface area contributed by atoms with Crippen molar-refractivity contribution in [2.75, 3.05) is 31.1 Å². The summed E-state index contributed by atoms with van der Waals surface area (Å²) in [4.78, 5) is 29.8. The Bertz CT molecular complexity index is 1650. The molecule has 1 heterocycles. The molecular weight excluding hydrogens is 540 g/mol. The highest BCUT2D eigenvalue weighted by Gasteiger charge is 2.22. The molecule has 5 aromatic carbocycles. The van der Waals surface area contributed by atoms with Crippen LogP contribution in [0.25, 0.3) is 0 Å².